The van der Waals surface area contributed by atoms with Gasteiger partial charge in [0, 0.05) is 5.56 Å². The third-order valence-corrected chi connectivity index (χ3v) is 3.63. The van der Waals surface area contributed by atoms with Gasteiger partial charge in [-0.3, -0.25) is 0 Å². The number of hydrogen-bond acceptors (Lipinski definition) is 6. The van der Waals surface area contributed by atoms with Crippen LogP contribution in [0.15, 0.2) is 35.5 Å². The van der Waals surface area contributed by atoms with E-state index in [9.17, 15) is 12.8 Å². The lowest BCUT2D eigenvalue weighted by molar-refractivity contribution is 0.570. The van der Waals surface area contributed by atoms with E-state index in [-0.39, 0.29) is 12.5 Å². The van der Waals surface area contributed by atoms with Gasteiger partial charge in [-0.25, -0.2) is 22.5 Å². The first-order valence-electron chi connectivity index (χ1n) is 5.68. The average Bonchev–Trinajstić information content (AvgIpc) is 2.45. The molecule has 0 aliphatic heterocycles. The van der Waals surface area contributed by atoms with Crippen molar-refractivity contribution in [2.24, 2.45) is 5.73 Å². The lowest BCUT2D eigenvalue weighted by Crippen LogP contribution is -2.16. The zero-order valence-electron chi connectivity index (χ0n) is 10.6. The smallest absolute Gasteiger partial charge is 0.267 e. The molecule has 0 saturated carbocycles. The lowest BCUT2D eigenvalue weighted by Gasteiger charge is -2.06. The van der Waals surface area contributed by atoms with E-state index < -0.39 is 20.7 Å². The number of hydrogen-bond donors (Lipinski definition) is 2. The summed E-state index contributed by atoms with van der Waals surface area (Å²) >= 11 is 0. The summed E-state index contributed by atoms with van der Waals surface area (Å²) in [7, 11) is -4.14. The molecule has 0 atom stereocenters. The Morgan fingerprint density at radius 3 is 2.76 bits per heavy atom. The molecule has 2 aromatic rings. The first kappa shape index (κ1) is 14.8. The van der Waals surface area contributed by atoms with Crippen LogP contribution in [-0.2, 0) is 10.0 Å². The lowest BCUT2D eigenvalue weighted by atomic mass is 10.2. The minimum Gasteiger partial charge on any atom is -0.320 e. The summed E-state index contributed by atoms with van der Waals surface area (Å²) in [5.74, 6) is 3.97. The second-order valence-corrected chi connectivity index (χ2v) is 5.37. The zero-order valence-corrected chi connectivity index (χ0v) is 11.4. The van der Waals surface area contributed by atoms with Gasteiger partial charge >= 0.3 is 0 Å². The SMILES string of the molecule is NCC#Cc1ccc(S(=O)(=O)Nc2nccnn2)c(F)c1. The van der Waals surface area contributed by atoms with Crippen LogP contribution in [-0.4, -0.2) is 30.1 Å². The summed E-state index contributed by atoms with van der Waals surface area (Å²) in [6.07, 6.45) is 2.54. The van der Waals surface area contributed by atoms with Gasteiger partial charge in [0.2, 0.25) is 0 Å². The Balaban J connectivity index is 2.32. The molecule has 1 aromatic carbocycles. The van der Waals surface area contributed by atoms with Crippen LogP contribution in [0.2, 0.25) is 0 Å². The van der Waals surface area contributed by atoms with Crippen LogP contribution < -0.4 is 10.5 Å². The van der Waals surface area contributed by atoms with Crippen molar-refractivity contribution in [2.45, 2.75) is 4.90 Å². The Kier molecular flexibility index (Phi) is 4.42. The maximum Gasteiger partial charge on any atom is 0.267 e. The summed E-state index contributed by atoms with van der Waals surface area (Å²) in [5.41, 5.74) is 5.53. The van der Waals surface area contributed by atoms with Gasteiger partial charge in [0.25, 0.3) is 16.0 Å². The van der Waals surface area contributed by atoms with Crippen molar-refractivity contribution >= 4 is 16.0 Å². The minimum absolute atomic E-state index is 0.127. The molecule has 0 amide bonds. The fraction of sp³-hybridized carbons (Fsp3) is 0.0833. The number of anilines is 1. The molecule has 3 N–H and O–H groups in total. The maximum atomic E-state index is 13.9. The van der Waals surface area contributed by atoms with Crippen molar-refractivity contribution in [1.82, 2.24) is 15.2 Å². The maximum absolute atomic E-state index is 13.9. The van der Waals surface area contributed by atoms with E-state index >= 15 is 0 Å². The number of nitrogens with one attached hydrogen (secondary N) is 1. The molecule has 7 nitrogen and oxygen atoms in total. The van der Waals surface area contributed by atoms with Gasteiger partial charge in [0.1, 0.15) is 10.7 Å². The van der Waals surface area contributed by atoms with Gasteiger partial charge in [0.15, 0.2) is 0 Å². The molecule has 108 valence electrons. The standard InChI is InChI=1S/C12H10FN5O2S/c13-10-8-9(2-1-5-14)3-4-11(10)21(19,20)18-12-15-6-7-16-17-12/h3-4,6-8H,5,14H2,(H,15,17,18). The summed E-state index contributed by atoms with van der Waals surface area (Å²) in [5, 5.41) is 6.94. The number of nitrogens with zero attached hydrogens (tertiary/aromatic N) is 3. The summed E-state index contributed by atoms with van der Waals surface area (Å²) in [6.45, 7) is 0.127. The predicted octanol–water partition coefficient (Wildman–Crippen LogP) is 0.122. The van der Waals surface area contributed by atoms with Gasteiger partial charge in [-0.2, -0.15) is 5.10 Å². The van der Waals surface area contributed by atoms with E-state index in [1.165, 1.54) is 18.5 Å². The van der Waals surface area contributed by atoms with Crippen LogP contribution in [0.1, 0.15) is 5.56 Å². The number of sulfonamides is 1. The average molecular weight is 307 g/mol. The normalized spacial score (nSPS) is 10.6. The van der Waals surface area contributed by atoms with Crippen LogP contribution in [0.3, 0.4) is 0 Å². The molecule has 1 heterocycles. The molecule has 0 unspecified atom stereocenters. The molecule has 0 aliphatic rings. The molecule has 0 saturated heterocycles. The fourth-order valence-electron chi connectivity index (χ4n) is 1.42. The highest BCUT2D eigenvalue weighted by molar-refractivity contribution is 7.92. The first-order valence-corrected chi connectivity index (χ1v) is 7.16. The van der Waals surface area contributed by atoms with Crippen molar-refractivity contribution < 1.29 is 12.8 Å². The third kappa shape index (κ3) is 3.71. The Morgan fingerprint density at radius 1 is 1.33 bits per heavy atom. The minimum atomic E-state index is -4.14. The monoisotopic (exact) mass is 307 g/mol. The Hall–Kier alpha value is -2.57. The van der Waals surface area contributed by atoms with Crippen LogP contribution in [0.4, 0.5) is 10.3 Å². The second-order valence-electron chi connectivity index (χ2n) is 3.72. The summed E-state index contributed by atoms with van der Waals surface area (Å²) in [6, 6.07) is 3.50. The van der Waals surface area contributed by atoms with E-state index in [0.29, 0.717) is 5.56 Å². The van der Waals surface area contributed by atoms with Gasteiger partial charge in [-0.1, -0.05) is 11.8 Å². The molecule has 2 rings (SSSR count). The molecule has 21 heavy (non-hydrogen) atoms. The number of rotatable bonds is 3. The molecule has 0 bridgehead atoms. The third-order valence-electron chi connectivity index (χ3n) is 2.26. The molecule has 0 fully saturated rings. The van der Waals surface area contributed by atoms with Crippen molar-refractivity contribution in [3.05, 3.63) is 42.0 Å². The van der Waals surface area contributed by atoms with Crippen molar-refractivity contribution in [2.75, 3.05) is 11.3 Å². The van der Waals surface area contributed by atoms with Crippen molar-refractivity contribution in [1.29, 1.82) is 0 Å². The largest absolute Gasteiger partial charge is 0.320 e. The van der Waals surface area contributed by atoms with Crippen molar-refractivity contribution in [3.63, 3.8) is 0 Å². The molecule has 9 heteroatoms. The Morgan fingerprint density at radius 2 is 2.14 bits per heavy atom. The van der Waals surface area contributed by atoms with Gasteiger partial charge in [0.05, 0.1) is 18.9 Å². The van der Waals surface area contributed by atoms with Crippen LogP contribution >= 0.6 is 0 Å². The van der Waals surface area contributed by atoms with Crippen LogP contribution in [0.5, 0.6) is 0 Å². The second kappa shape index (κ2) is 6.25. The highest BCUT2D eigenvalue weighted by atomic mass is 32.2. The molecule has 1 aromatic heterocycles. The van der Waals surface area contributed by atoms with Crippen LogP contribution in [0, 0.1) is 17.7 Å². The predicted molar refractivity (Wildman–Crippen MR) is 73.0 cm³/mol. The topological polar surface area (TPSA) is 111 Å². The van der Waals surface area contributed by atoms with Crippen LogP contribution in [0.25, 0.3) is 0 Å². The first-order chi connectivity index (χ1) is 10.0. The van der Waals surface area contributed by atoms with Gasteiger partial charge in [-0.05, 0) is 18.2 Å². The number of aromatic nitrogens is 3. The van der Waals surface area contributed by atoms with E-state index in [1.54, 1.807) is 0 Å². The Labute approximate surface area is 120 Å². The number of nitrogens with two attached hydrogens (primary N) is 1. The van der Waals surface area contributed by atoms with Gasteiger partial charge in [-0.15, -0.1) is 5.10 Å². The molecule has 0 spiro atoms. The Bertz CT molecular complexity index is 799. The molecule has 0 radical (unpaired) electrons. The van der Waals surface area contributed by atoms with E-state index in [1.807, 2.05) is 4.72 Å². The van der Waals surface area contributed by atoms with E-state index in [2.05, 4.69) is 27.0 Å². The van der Waals surface area contributed by atoms with E-state index in [4.69, 9.17) is 5.73 Å². The highest BCUT2D eigenvalue weighted by Crippen LogP contribution is 2.17. The fourth-order valence-corrected chi connectivity index (χ4v) is 2.43. The molecule has 0 aliphatic carbocycles. The zero-order chi connectivity index (χ0) is 15.3. The number of benzene rings is 1. The van der Waals surface area contributed by atoms with Gasteiger partial charge < -0.3 is 5.73 Å². The van der Waals surface area contributed by atoms with Crippen molar-refractivity contribution in [3.8, 4) is 11.8 Å². The quantitative estimate of drug-likeness (QED) is 0.779. The summed E-state index contributed by atoms with van der Waals surface area (Å²) in [4.78, 5) is 3.12. The molecular formula is C12H10FN5O2S. The van der Waals surface area contributed by atoms with E-state index in [0.717, 1.165) is 12.1 Å². The summed E-state index contributed by atoms with van der Waals surface area (Å²) < 4.78 is 40.0. The number of halogens is 1. The highest BCUT2D eigenvalue weighted by Gasteiger charge is 2.20. The molecular weight excluding hydrogens is 297 g/mol.